The molecule has 1 rings (SSSR count). The molecule has 72 valence electrons. The van der Waals surface area contributed by atoms with E-state index in [1.807, 2.05) is 6.92 Å². The molecular formula is C9H13O3P. The fourth-order valence-corrected chi connectivity index (χ4v) is 2.03. The first-order valence-electron chi connectivity index (χ1n) is 4.20. The van der Waals surface area contributed by atoms with Crippen molar-refractivity contribution in [2.24, 2.45) is 0 Å². The molecule has 13 heavy (non-hydrogen) atoms. The summed E-state index contributed by atoms with van der Waals surface area (Å²) in [6, 6.07) is 8.41. The third-order valence-corrected chi connectivity index (χ3v) is 3.04. The van der Waals surface area contributed by atoms with Gasteiger partial charge in [-0.2, -0.15) is 0 Å². The molecule has 3 nitrogen and oxygen atoms in total. The van der Waals surface area contributed by atoms with Crippen molar-refractivity contribution in [2.45, 2.75) is 13.3 Å². The summed E-state index contributed by atoms with van der Waals surface area (Å²) in [7, 11) is -3.56. The standard InChI is InChI=1S/C9H13O3P/c1-2-8-12-13(10,11)9-6-4-3-5-7-9/h3-7H,2,8H2,1H3,(H,10,11). The first-order valence-corrected chi connectivity index (χ1v) is 5.77. The summed E-state index contributed by atoms with van der Waals surface area (Å²) in [4.78, 5) is 9.45. The van der Waals surface area contributed by atoms with Gasteiger partial charge < -0.3 is 9.42 Å². The van der Waals surface area contributed by atoms with Crippen LogP contribution in [-0.2, 0) is 9.09 Å². The molecule has 0 aliphatic rings. The molecule has 0 fully saturated rings. The maximum Gasteiger partial charge on any atom is 0.358 e. The van der Waals surface area contributed by atoms with Crippen molar-refractivity contribution in [2.75, 3.05) is 6.61 Å². The Morgan fingerprint density at radius 2 is 2.00 bits per heavy atom. The van der Waals surface area contributed by atoms with Gasteiger partial charge in [-0.15, -0.1) is 0 Å². The minimum atomic E-state index is -3.56. The summed E-state index contributed by atoms with van der Waals surface area (Å²) in [6.07, 6.45) is 0.734. The Labute approximate surface area is 77.9 Å². The van der Waals surface area contributed by atoms with E-state index in [0.29, 0.717) is 11.9 Å². The molecule has 0 amide bonds. The van der Waals surface area contributed by atoms with Gasteiger partial charge in [-0.3, -0.25) is 4.57 Å². The molecule has 0 aliphatic carbocycles. The van der Waals surface area contributed by atoms with Gasteiger partial charge in [-0.1, -0.05) is 25.1 Å². The smallest absolute Gasteiger partial charge is 0.321 e. The number of hydrogen-bond donors (Lipinski definition) is 1. The fraction of sp³-hybridized carbons (Fsp3) is 0.333. The quantitative estimate of drug-likeness (QED) is 0.755. The van der Waals surface area contributed by atoms with Crippen molar-refractivity contribution in [3.63, 3.8) is 0 Å². The van der Waals surface area contributed by atoms with Gasteiger partial charge in [-0.25, -0.2) is 0 Å². The summed E-state index contributed by atoms with van der Waals surface area (Å²) in [6.45, 7) is 2.20. The van der Waals surface area contributed by atoms with Crippen LogP contribution in [0.3, 0.4) is 0 Å². The van der Waals surface area contributed by atoms with Crippen molar-refractivity contribution < 1.29 is 14.0 Å². The molecule has 1 atom stereocenters. The van der Waals surface area contributed by atoms with Crippen LogP contribution in [0, 0.1) is 0 Å². The number of hydrogen-bond acceptors (Lipinski definition) is 2. The molecule has 0 saturated heterocycles. The number of rotatable bonds is 4. The highest BCUT2D eigenvalue weighted by Crippen LogP contribution is 2.40. The summed E-state index contributed by atoms with van der Waals surface area (Å²) in [5.41, 5.74) is 0. The summed E-state index contributed by atoms with van der Waals surface area (Å²) < 4.78 is 16.4. The van der Waals surface area contributed by atoms with Crippen molar-refractivity contribution in [1.82, 2.24) is 0 Å². The normalized spacial score (nSPS) is 15.2. The van der Waals surface area contributed by atoms with Gasteiger partial charge in [0.2, 0.25) is 0 Å². The summed E-state index contributed by atoms with van der Waals surface area (Å²) in [5.74, 6) is 0. The van der Waals surface area contributed by atoms with Crippen molar-refractivity contribution in [1.29, 1.82) is 0 Å². The van der Waals surface area contributed by atoms with Crippen LogP contribution in [-0.4, -0.2) is 11.5 Å². The van der Waals surface area contributed by atoms with Gasteiger partial charge in [0, 0.05) is 0 Å². The molecule has 0 radical (unpaired) electrons. The molecule has 0 spiro atoms. The van der Waals surface area contributed by atoms with Crippen LogP contribution < -0.4 is 5.30 Å². The largest absolute Gasteiger partial charge is 0.358 e. The zero-order valence-electron chi connectivity index (χ0n) is 7.51. The van der Waals surface area contributed by atoms with Crippen LogP contribution in [0.4, 0.5) is 0 Å². The zero-order valence-corrected chi connectivity index (χ0v) is 8.41. The van der Waals surface area contributed by atoms with Crippen molar-refractivity contribution in [3.8, 4) is 0 Å². The molecule has 0 bridgehead atoms. The molecule has 0 aromatic heterocycles. The minimum Gasteiger partial charge on any atom is -0.321 e. The lowest BCUT2D eigenvalue weighted by molar-refractivity contribution is 0.269. The van der Waals surface area contributed by atoms with Gasteiger partial charge in [0.15, 0.2) is 0 Å². The fourth-order valence-electron chi connectivity index (χ4n) is 0.906. The Morgan fingerprint density at radius 1 is 1.38 bits per heavy atom. The molecule has 0 heterocycles. The second kappa shape index (κ2) is 4.56. The van der Waals surface area contributed by atoms with Crippen molar-refractivity contribution >= 4 is 12.9 Å². The van der Waals surface area contributed by atoms with Crippen LogP contribution in [0.25, 0.3) is 0 Å². The first kappa shape index (κ1) is 10.5. The zero-order chi connectivity index (χ0) is 9.73. The number of benzene rings is 1. The van der Waals surface area contributed by atoms with E-state index in [1.165, 1.54) is 0 Å². The van der Waals surface area contributed by atoms with Crippen LogP contribution in [0.15, 0.2) is 30.3 Å². The van der Waals surface area contributed by atoms with Gasteiger partial charge in [0.1, 0.15) is 0 Å². The summed E-state index contributed by atoms with van der Waals surface area (Å²) in [5, 5.41) is 0.350. The Bertz CT molecular complexity index is 297. The molecule has 1 N–H and O–H groups in total. The van der Waals surface area contributed by atoms with Gasteiger partial charge in [0.05, 0.1) is 11.9 Å². The maximum atomic E-state index is 11.5. The van der Waals surface area contributed by atoms with E-state index < -0.39 is 7.60 Å². The van der Waals surface area contributed by atoms with E-state index in [1.54, 1.807) is 30.3 Å². The average molecular weight is 200 g/mol. The predicted molar refractivity (Wildman–Crippen MR) is 52.1 cm³/mol. The van der Waals surface area contributed by atoms with Crippen LogP contribution >= 0.6 is 7.60 Å². The average Bonchev–Trinajstić information content (AvgIpc) is 2.16. The molecular weight excluding hydrogens is 187 g/mol. The SMILES string of the molecule is CCCOP(=O)(O)c1ccccc1. The highest BCUT2D eigenvalue weighted by molar-refractivity contribution is 7.61. The predicted octanol–water partition coefficient (Wildman–Crippen LogP) is 1.92. The van der Waals surface area contributed by atoms with Crippen LogP contribution in [0.5, 0.6) is 0 Å². The van der Waals surface area contributed by atoms with E-state index in [0.717, 1.165) is 6.42 Å². The molecule has 0 saturated carbocycles. The lowest BCUT2D eigenvalue weighted by Gasteiger charge is -2.10. The van der Waals surface area contributed by atoms with E-state index in [9.17, 15) is 9.46 Å². The highest BCUT2D eigenvalue weighted by atomic mass is 31.2. The van der Waals surface area contributed by atoms with Crippen LogP contribution in [0.2, 0.25) is 0 Å². The monoisotopic (exact) mass is 200 g/mol. The van der Waals surface area contributed by atoms with E-state index in [-0.39, 0.29) is 0 Å². The van der Waals surface area contributed by atoms with Gasteiger partial charge in [-0.05, 0) is 18.6 Å². The third kappa shape index (κ3) is 2.96. The molecule has 0 aliphatic heterocycles. The molecule has 1 aromatic rings. The Morgan fingerprint density at radius 3 is 2.54 bits per heavy atom. The topological polar surface area (TPSA) is 46.5 Å². The van der Waals surface area contributed by atoms with Gasteiger partial charge in [0.25, 0.3) is 0 Å². The van der Waals surface area contributed by atoms with E-state index >= 15 is 0 Å². The molecule has 4 heteroatoms. The third-order valence-electron chi connectivity index (χ3n) is 1.55. The minimum absolute atomic E-state index is 0.308. The summed E-state index contributed by atoms with van der Waals surface area (Å²) >= 11 is 0. The Balaban J connectivity index is 2.76. The van der Waals surface area contributed by atoms with Crippen LogP contribution in [0.1, 0.15) is 13.3 Å². The van der Waals surface area contributed by atoms with E-state index in [4.69, 9.17) is 4.52 Å². The maximum absolute atomic E-state index is 11.5. The van der Waals surface area contributed by atoms with Crippen molar-refractivity contribution in [3.05, 3.63) is 30.3 Å². The molecule has 1 unspecified atom stereocenters. The second-order valence-corrected chi connectivity index (χ2v) is 4.50. The van der Waals surface area contributed by atoms with E-state index in [2.05, 4.69) is 0 Å². The Hall–Kier alpha value is -0.630. The molecule has 1 aromatic carbocycles. The second-order valence-electron chi connectivity index (χ2n) is 2.69. The Kier molecular flexibility index (Phi) is 3.67. The van der Waals surface area contributed by atoms with Gasteiger partial charge >= 0.3 is 7.60 Å². The highest BCUT2D eigenvalue weighted by Gasteiger charge is 2.20. The lowest BCUT2D eigenvalue weighted by Crippen LogP contribution is -2.06. The lowest BCUT2D eigenvalue weighted by atomic mass is 10.4. The first-order chi connectivity index (χ1) is 6.17.